The molecular weight excluding hydrogens is 286 g/mol. The number of aromatic nitrogens is 1. The number of hydrogen-bond acceptors (Lipinski definition) is 1. The molecule has 1 aromatic heterocycles. The molecule has 1 rings (SSSR count). The Morgan fingerprint density at radius 2 is 2.08 bits per heavy atom. The molecule has 1 heterocycles. The highest BCUT2D eigenvalue weighted by atomic mass is 127. The number of rotatable bonds is 1. The highest BCUT2D eigenvalue weighted by Crippen LogP contribution is 2.21. The number of hydrogen-bond donors (Lipinski definition) is 1. The van der Waals surface area contributed by atoms with Gasteiger partial charge in [-0.25, -0.2) is 13.2 Å². The van der Waals surface area contributed by atoms with E-state index in [2.05, 4.69) is 4.98 Å². The van der Waals surface area contributed by atoms with Gasteiger partial charge in [0.15, 0.2) is 5.82 Å². The fraction of sp³-hybridized carbons (Fsp3) is 0.167. The zero-order valence-corrected chi connectivity index (χ0v) is 7.73. The normalized spacial score (nSPS) is 10.8. The Morgan fingerprint density at radius 1 is 1.50 bits per heavy atom. The minimum Gasteiger partial charge on any atom is -0.315 e. The Balaban J connectivity index is 3.38. The molecule has 0 aromatic carbocycles. The van der Waals surface area contributed by atoms with Crippen LogP contribution in [0.2, 0.25) is 0 Å². The Labute approximate surface area is 78.9 Å². The lowest BCUT2D eigenvalue weighted by Crippen LogP contribution is -2.11. The molecule has 0 radical (unpaired) electrons. The molecule has 0 atom stereocenters. The molecule has 2 nitrogen and oxygen atoms in total. The van der Waals surface area contributed by atoms with Crippen LogP contribution in [0, 0.1) is 9.52 Å². The van der Waals surface area contributed by atoms with Crippen molar-refractivity contribution in [1.82, 2.24) is 4.98 Å². The van der Waals surface area contributed by atoms with E-state index < -0.39 is 23.4 Å². The van der Waals surface area contributed by atoms with Crippen LogP contribution in [0.5, 0.6) is 0 Å². The molecule has 1 aromatic rings. The first-order valence-electron chi connectivity index (χ1n) is 2.88. The van der Waals surface area contributed by atoms with Gasteiger partial charge in [0, 0.05) is 6.07 Å². The number of H-pyrrole nitrogens is 1. The Kier molecular flexibility index (Phi) is 2.76. The zero-order valence-electron chi connectivity index (χ0n) is 5.57. The molecule has 0 aliphatic carbocycles. The second-order valence-electron chi connectivity index (χ2n) is 2.02. The van der Waals surface area contributed by atoms with Crippen molar-refractivity contribution in [1.29, 1.82) is 0 Å². The molecule has 0 fully saturated rings. The van der Waals surface area contributed by atoms with Gasteiger partial charge in [0.05, 0.1) is 5.56 Å². The third-order valence-corrected chi connectivity index (χ3v) is 1.94. The third-order valence-electron chi connectivity index (χ3n) is 1.20. The van der Waals surface area contributed by atoms with Gasteiger partial charge in [-0.2, -0.15) is 0 Å². The number of alkyl halides is 2. The van der Waals surface area contributed by atoms with E-state index in [-0.39, 0.29) is 3.70 Å². The van der Waals surface area contributed by atoms with Gasteiger partial charge in [-0.1, -0.05) is 0 Å². The van der Waals surface area contributed by atoms with Crippen LogP contribution in [0.15, 0.2) is 10.9 Å². The summed E-state index contributed by atoms with van der Waals surface area (Å²) in [5.41, 5.74) is -1.58. The predicted molar refractivity (Wildman–Crippen MR) is 44.7 cm³/mol. The molecule has 0 aliphatic rings. The fourth-order valence-corrected chi connectivity index (χ4v) is 1.27. The Morgan fingerprint density at radius 3 is 2.58 bits per heavy atom. The standard InChI is InChI=1S/C6H3F3INO/c7-4-2(5(8)9)1-3(12)11-6(4)10/h1,5H,(H,11,12). The smallest absolute Gasteiger partial charge is 0.266 e. The number of nitrogens with one attached hydrogen (secondary N) is 1. The maximum Gasteiger partial charge on any atom is 0.266 e. The van der Waals surface area contributed by atoms with Gasteiger partial charge >= 0.3 is 0 Å². The summed E-state index contributed by atoms with van der Waals surface area (Å²) < 4.78 is 36.6. The van der Waals surface area contributed by atoms with E-state index in [1.54, 1.807) is 0 Å². The molecule has 0 amide bonds. The van der Waals surface area contributed by atoms with Crippen LogP contribution in [0.25, 0.3) is 0 Å². The first-order chi connectivity index (χ1) is 5.52. The van der Waals surface area contributed by atoms with E-state index in [9.17, 15) is 18.0 Å². The van der Waals surface area contributed by atoms with Crippen molar-refractivity contribution in [2.75, 3.05) is 0 Å². The Bertz CT molecular complexity index is 349. The van der Waals surface area contributed by atoms with Crippen LogP contribution < -0.4 is 5.56 Å². The molecular formula is C6H3F3INO. The molecule has 12 heavy (non-hydrogen) atoms. The average Bonchev–Trinajstić information content (AvgIpc) is 1.96. The van der Waals surface area contributed by atoms with Gasteiger partial charge in [0.25, 0.3) is 6.43 Å². The van der Waals surface area contributed by atoms with E-state index in [0.717, 1.165) is 0 Å². The summed E-state index contributed by atoms with van der Waals surface area (Å²) in [6.45, 7) is 0. The topological polar surface area (TPSA) is 32.9 Å². The molecule has 1 N–H and O–H groups in total. The van der Waals surface area contributed by atoms with Gasteiger partial charge in [-0.3, -0.25) is 4.79 Å². The van der Waals surface area contributed by atoms with Crippen LogP contribution in [0.1, 0.15) is 12.0 Å². The molecule has 66 valence electrons. The second kappa shape index (κ2) is 3.46. The van der Waals surface area contributed by atoms with Crippen LogP contribution in [-0.2, 0) is 0 Å². The van der Waals surface area contributed by atoms with Crippen LogP contribution in [0.4, 0.5) is 13.2 Å². The van der Waals surface area contributed by atoms with Crippen molar-refractivity contribution in [3.8, 4) is 0 Å². The quantitative estimate of drug-likeness (QED) is 0.623. The summed E-state index contributed by atoms with van der Waals surface area (Å²) in [5, 5.41) is 0. The zero-order chi connectivity index (χ0) is 9.30. The van der Waals surface area contributed by atoms with Crippen molar-refractivity contribution >= 4 is 22.6 Å². The van der Waals surface area contributed by atoms with Crippen LogP contribution >= 0.6 is 22.6 Å². The van der Waals surface area contributed by atoms with Gasteiger partial charge in [0.2, 0.25) is 5.56 Å². The van der Waals surface area contributed by atoms with E-state index >= 15 is 0 Å². The number of halogens is 4. The predicted octanol–water partition coefficient (Wildman–Crippen LogP) is 2.06. The lowest BCUT2D eigenvalue weighted by Gasteiger charge is -2.01. The lowest BCUT2D eigenvalue weighted by atomic mass is 10.3. The summed E-state index contributed by atoms with van der Waals surface area (Å²) in [4.78, 5) is 12.7. The fourth-order valence-electron chi connectivity index (χ4n) is 0.689. The minimum atomic E-state index is -2.96. The lowest BCUT2D eigenvalue weighted by molar-refractivity contribution is 0.145. The largest absolute Gasteiger partial charge is 0.315 e. The molecule has 0 saturated carbocycles. The monoisotopic (exact) mass is 289 g/mol. The first-order valence-corrected chi connectivity index (χ1v) is 3.96. The molecule has 0 bridgehead atoms. The van der Waals surface area contributed by atoms with Crippen molar-refractivity contribution in [3.05, 3.63) is 31.5 Å². The third kappa shape index (κ3) is 1.79. The van der Waals surface area contributed by atoms with E-state index in [0.29, 0.717) is 6.07 Å². The minimum absolute atomic E-state index is 0.199. The second-order valence-corrected chi connectivity index (χ2v) is 3.10. The van der Waals surface area contributed by atoms with Crippen molar-refractivity contribution in [2.45, 2.75) is 6.43 Å². The molecule has 0 unspecified atom stereocenters. The van der Waals surface area contributed by atoms with Crippen molar-refractivity contribution in [2.24, 2.45) is 0 Å². The summed E-state index contributed by atoms with van der Waals surface area (Å²) in [5.74, 6) is -1.06. The molecule has 6 heteroatoms. The van der Waals surface area contributed by atoms with Crippen molar-refractivity contribution in [3.63, 3.8) is 0 Å². The summed E-state index contributed by atoms with van der Waals surface area (Å²) in [6, 6.07) is 0.558. The highest BCUT2D eigenvalue weighted by Gasteiger charge is 2.16. The Hall–Kier alpha value is -0.530. The number of pyridine rings is 1. The highest BCUT2D eigenvalue weighted by molar-refractivity contribution is 14.1. The van der Waals surface area contributed by atoms with Gasteiger partial charge in [-0.15, -0.1) is 0 Å². The molecule has 0 saturated heterocycles. The van der Waals surface area contributed by atoms with Crippen LogP contribution in [-0.4, -0.2) is 4.98 Å². The van der Waals surface area contributed by atoms with E-state index in [4.69, 9.17) is 0 Å². The summed E-state index contributed by atoms with van der Waals surface area (Å²) in [6.07, 6.45) is -2.96. The summed E-state index contributed by atoms with van der Waals surface area (Å²) >= 11 is 1.45. The van der Waals surface area contributed by atoms with E-state index in [1.807, 2.05) is 0 Å². The average molecular weight is 289 g/mol. The SMILES string of the molecule is O=c1cc(C(F)F)c(F)c(I)[nH]1. The van der Waals surface area contributed by atoms with Gasteiger partial charge in [-0.05, 0) is 22.6 Å². The van der Waals surface area contributed by atoms with E-state index in [1.165, 1.54) is 22.6 Å². The summed E-state index contributed by atoms with van der Waals surface area (Å²) in [7, 11) is 0. The van der Waals surface area contributed by atoms with Gasteiger partial charge < -0.3 is 4.98 Å². The first kappa shape index (κ1) is 9.56. The maximum absolute atomic E-state index is 12.8. The van der Waals surface area contributed by atoms with Crippen molar-refractivity contribution < 1.29 is 13.2 Å². The molecule has 0 spiro atoms. The van der Waals surface area contributed by atoms with Crippen LogP contribution in [0.3, 0.4) is 0 Å². The van der Waals surface area contributed by atoms with Gasteiger partial charge in [0.1, 0.15) is 3.70 Å². The molecule has 0 aliphatic heterocycles. The number of aromatic amines is 1. The maximum atomic E-state index is 12.8.